The smallest absolute Gasteiger partial charge is 0.307 e. The van der Waals surface area contributed by atoms with Gasteiger partial charge >= 0.3 is 10.2 Å². The summed E-state index contributed by atoms with van der Waals surface area (Å²) in [5.41, 5.74) is 1.97. The Morgan fingerprint density at radius 3 is 2.61 bits per heavy atom. The van der Waals surface area contributed by atoms with Crippen LogP contribution >= 0.6 is 0 Å². The summed E-state index contributed by atoms with van der Waals surface area (Å²) >= 11 is 0. The molecule has 0 aliphatic carbocycles. The van der Waals surface area contributed by atoms with Crippen molar-refractivity contribution < 1.29 is 17.1 Å². The van der Waals surface area contributed by atoms with Crippen molar-refractivity contribution in [2.24, 2.45) is 0 Å². The lowest BCUT2D eigenvalue weighted by Crippen LogP contribution is -2.27. The SMILES string of the molecule is Cc1ccccc1CN1CC(S(=O)(=O)F)CC1=O. The van der Waals surface area contributed by atoms with Crippen LogP contribution in [0.25, 0.3) is 0 Å². The molecule has 98 valence electrons. The van der Waals surface area contributed by atoms with E-state index in [2.05, 4.69) is 0 Å². The van der Waals surface area contributed by atoms with Gasteiger partial charge in [-0.1, -0.05) is 24.3 Å². The third-order valence-electron chi connectivity index (χ3n) is 3.20. The van der Waals surface area contributed by atoms with Crippen molar-refractivity contribution in [3.63, 3.8) is 0 Å². The molecule has 0 saturated carbocycles. The van der Waals surface area contributed by atoms with Crippen LogP contribution < -0.4 is 0 Å². The minimum Gasteiger partial charge on any atom is -0.337 e. The molecule has 0 N–H and O–H groups in total. The number of carbonyl (C=O) groups excluding carboxylic acids is 1. The molecule has 1 aromatic rings. The maximum Gasteiger partial charge on any atom is 0.307 e. The number of amides is 1. The lowest BCUT2D eigenvalue weighted by Gasteiger charge is -2.17. The molecule has 6 heteroatoms. The normalized spacial score (nSPS) is 20.4. The zero-order valence-corrected chi connectivity index (χ0v) is 10.8. The fraction of sp³-hybridized carbons (Fsp3) is 0.417. The molecule has 18 heavy (non-hydrogen) atoms. The summed E-state index contributed by atoms with van der Waals surface area (Å²) in [5.74, 6) is -0.315. The third kappa shape index (κ3) is 2.69. The number of hydrogen-bond donors (Lipinski definition) is 0. The van der Waals surface area contributed by atoms with Gasteiger partial charge in [-0.3, -0.25) is 4.79 Å². The van der Waals surface area contributed by atoms with Crippen molar-refractivity contribution in [2.45, 2.75) is 25.1 Å². The van der Waals surface area contributed by atoms with Crippen LogP contribution in [0.15, 0.2) is 24.3 Å². The van der Waals surface area contributed by atoms with E-state index in [4.69, 9.17) is 0 Å². The van der Waals surface area contributed by atoms with E-state index in [0.717, 1.165) is 11.1 Å². The van der Waals surface area contributed by atoms with Gasteiger partial charge in [0.2, 0.25) is 5.91 Å². The first-order chi connectivity index (χ1) is 8.38. The first kappa shape index (κ1) is 13.0. The minimum absolute atomic E-state index is 0.0635. The third-order valence-corrected chi connectivity index (χ3v) is 4.31. The van der Waals surface area contributed by atoms with E-state index in [0.29, 0.717) is 6.54 Å². The second-order valence-electron chi connectivity index (χ2n) is 4.50. The molecule has 1 aliphatic rings. The number of carbonyl (C=O) groups is 1. The fourth-order valence-electron chi connectivity index (χ4n) is 2.07. The van der Waals surface area contributed by atoms with Crippen LogP contribution in [-0.2, 0) is 21.6 Å². The van der Waals surface area contributed by atoms with E-state index >= 15 is 0 Å². The summed E-state index contributed by atoms with van der Waals surface area (Å²) < 4.78 is 34.4. The quantitative estimate of drug-likeness (QED) is 0.781. The lowest BCUT2D eigenvalue weighted by molar-refractivity contribution is -0.128. The molecule has 2 rings (SSSR count). The Balaban J connectivity index is 2.13. The summed E-state index contributed by atoms with van der Waals surface area (Å²) in [5, 5.41) is -1.21. The van der Waals surface area contributed by atoms with Crippen molar-refractivity contribution >= 4 is 16.1 Å². The second-order valence-corrected chi connectivity index (χ2v) is 6.12. The van der Waals surface area contributed by atoms with Crippen LogP contribution in [0.3, 0.4) is 0 Å². The molecule has 1 aromatic carbocycles. The molecule has 0 bridgehead atoms. The predicted molar refractivity (Wildman–Crippen MR) is 65.0 cm³/mol. The molecule has 1 unspecified atom stereocenters. The summed E-state index contributed by atoms with van der Waals surface area (Å²) in [4.78, 5) is 13.0. The number of likely N-dealkylation sites (tertiary alicyclic amines) is 1. The van der Waals surface area contributed by atoms with Crippen LogP contribution in [0.1, 0.15) is 17.5 Å². The average Bonchev–Trinajstić information content (AvgIpc) is 2.63. The fourth-order valence-corrected chi connectivity index (χ4v) is 2.77. The average molecular weight is 271 g/mol. The Bertz CT molecular complexity index is 570. The summed E-state index contributed by atoms with van der Waals surface area (Å²) in [7, 11) is -4.63. The van der Waals surface area contributed by atoms with E-state index in [1.165, 1.54) is 4.90 Å². The number of rotatable bonds is 3. The van der Waals surface area contributed by atoms with Gasteiger partial charge in [-0.05, 0) is 18.1 Å². The van der Waals surface area contributed by atoms with Crippen molar-refractivity contribution in [3.05, 3.63) is 35.4 Å². The van der Waals surface area contributed by atoms with E-state index in [1.54, 1.807) is 0 Å². The molecular formula is C12H14FNO3S. The molecule has 0 aromatic heterocycles. The van der Waals surface area contributed by atoms with Gasteiger partial charge in [0.05, 0.1) is 0 Å². The molecular weight excluding hydrogens is 257 g/mol. The monoisotopic (exact) mass is 271 g/mol. The Morgan fingerprint density at radius 1 is 1.39 bits per heavy atom. The van der Waals surface area contributed by atoms with Gasteiger partial charge in [-0.15, -0.1) is 3.89 Å². The highest BCUT2D eigenvalue weighted by Crippen LogP contribution is 2.22. The first-order valence-electron chi connectivity index (χ1n) is 5.63. The van der Waals surface area contributed by atoms with Gasteiger partial charge in [-0.25, -0.2) is 0 Å². The molecule has 0 spiro atoms. The lowest BCUT2D eigenvalue weighted by atomic mass is 10.1. The number of hydrogen-bond acceptors (Lipinski definition) is 3. The van der Waals surface area contributed by atoms with Crippen LogP contribution in [0, 0.1) is 6.92 Å². The van der Waals surface area contributed by atoms with Crippen molar-refractivity contribution in [3.8, 4) is 0 Å². The molecule has 1 heterocycles. The second kappa shape index (κ2) is 4.68. The van der Waals surface area contributed by atoms with Gasteiger partial charge in [0.15, 0.2) is 0 Å². The number of aryl methyl sites for hydroxylation is 1. The van der Waals surface area contributed by atoms with Crippen molar-refractivity contribution in [1.29, 1.82) is 0 Å². The van der Waals surface area contributed by atoms with E-state index in [-0.39, 0.29) is 18.9 Å². The molecule has 0 radical (unpaired) electrons. The van der Waals surface area contributed by atoms with E-state index in [9.17, 15) is 17.1 Å². The highest BCUT2D eigenvalue weighted by atomic mass is 32.3. The molecule has 1 saturated heterocycles. The van der Waals surface area contributed by atoms with Gasteiger partial charge < -0.3 is 4.90 Å². The zero-order valence-electron chi connectivity index (χ0n) is 9.97. The largest absolute Gasteiger partial charge is 0.337 e. The highest BCUT2D eigenvalue weighted by Gasteiger charge is 2.38. The molecule has 1 atom stereocenters. The van der Waals surface area contributed by atoms with E-state index in [1.807, 2.05) is 31.2 Å². The van der Waals surface area contributed by atoms with Crippen LogP contribution in [-0.4, -0.2) is 31.0 Å². The molecule has 1 fully saturated rings. The summed E-state index contributed by atoms with van der Waals surface area (Å²) in [6.07, 6.45) is -0.259. The van der Waals surface area contributed by atoms with Crippen LogP contribution in [0.4, 0.5) is 3.89 Å². The maximum atomic E-state index is 12.9. The van der Waals surface area contributed by atoms with Gasteiger partial charge in [0.25, 0.3) is 0 Å². The topological polar surface area (TPSA) is 54.5 Å². The standard InChI is InChI=1S/C12H14FNO3S/c1-9-4-2-3-5-10(9)7-14-8-11(6-12(14)15)18(13,16)17/h2-5,11H,6-8H2,1H3. The number of benzene rings is 1. The predicted octanol–water partition coefficient (Wildman–Crippen LogP) is 1.40. The first-order valence-corrected chi connectivity index (χ1v) is 7.08. The van der Waals surface area contributed by atoms with Gasteiger partial charge in [-0.2, -0.15) is 8.42 Å². The Hall–Kier alpha value is -1.43. The number of halogens is 1. The number of nitrogens with zero attached hydrogens (tertiary/aromatic N) is 1. The van der Waals surface area contributed by atoms with Crippen molar-refractivity contribution in [1.82, 2.24) is 4.90 Å². The maximum absolute atomic E-state index is 12.9. The summed E-state index contributed by atoms with van der Waals surface area (Å²) in [6.45, 7) is 2.18. The molecule has 4 nitrogen and oxygen atoms in total. The highest BCUT2D eigenvalue weighted by molar-refractivity contribution is 7.87. The van der Waals surface area contributed by atoms with Crippen molar-refractivity contribution in [2.75, 3.05) is 6.54 Å². The molecule has 1 amide bonds. The summed E-state index contributed by atoms with van der Waals surface area (Å²) in [6, 6.07) is 7.53. The minimum atomic E-state index is -4.63. The Kier molecular flexibility index (Phi) is 3.38. The van der Waals surface area contributed by atoms with Gasteiger partial charge in [0, 0.05) is 19.5 Å². The van der Waals surface area contributed by atoms with Crippen LogP contribution in [0.2, 0.25) is 0 Å². The Morgan fingerprint density at radius 2 is 2.06 bits per heavy atom. The zero-order chi connectivity index (χ0) is 13.3. The van der Waals surface area contributed by atoms with E-state index < -0.39 is 15.5 Å². The van der Waals surface area contributed by atoms with Gasteiger partial charge in [0.1, 0.15) is 5.25 Å². The van der Waals surface area contributed by atoms with Crippen LogP contribution in [0.5, 0.6) is 0 Å². The Labute approximate surface area is 106 Å². The molecule has 1 aliphatic heterocycles.